The van der Waals surface area contributed by atoms with E-state index in [0.29, 0.717) is 38.1 Å². The van der Waals surface area contributed by atoms with Crippen LogP contribution in [0.15, 0.2) is 59.4 Å². The molecule has 5 nitrogen and oxygen atoms in total. The molecule has 2 aromatic carbocycles. The Balaban J connectivity index is 1.43. The van der Waals surface area contributed by atoms with E-state index in [9.17, 15) is 9.59 Å². The summed E-state index contributed by atoms with van der Waals surface area (Å²) in [5.74, 6) is 0.0626. The number of benzene rings is 2. The smallest absolute Gasteiger partial charge is 0.251 e. The van der Waals surface area contributed by atoms with E-state index in [1.807, 2.05) is 66.4 Å². The molecule has 1 aliphatic rings. The summed E-state index contributed by atoms with van der Waals surface area (Å²) in [5, 5.41) is 0.989. The molecule has 1 unspecified atom stereocenters. The van der Waals surface area contributed by atoms with E-state index >= 15 is 0 Å². The van der Waals surface area contributed by atoms with Crippen LogP contribution in [0.3, 0.4) is 0 Å². The van der Waals surface area contributed by atoms with Crippen molar-refractivity contribution in [1.29, 1.82) is 0 Å². The van der Waals surface area contributed by atoms with E-state index in [4.69, 9.17) is 4.74 Å². The van der Waals surface area contributed by atoms with E-state index in [1.54, 1.807) is 0 Å². The van der Waals surface area contributed by atoms with Crippen molar-refractivity contribution < 1.29 is 9.53 Å². The van der Waals surface area contributed by atoms with Gasteiger partial charge in [0.05, 0.1) is 13.2 Å². The van der Waals surface area contributed by atoms with Gasteiger partial charge in [0.1, 0.15) is 6.10 Å². The summed E-state index contributed by atoms with van der Waals surface area (Å²) in [6, 6.07) is 17.9. The number of amides is 1. The van der Waals surface area contributed by atoms with Gasteiger partial charge in [-0.25, -0.2) is 0 Å². The summed E-state index contributed by atoms with van der Waals surface area (Å²) in [6.45, 7) is 3.67. The molecule has 1 fully saturated rings. The van der Waals surface area contributed by atoms with Gasteiger partial charge < -0.3 is 14.6 Å². The first kappa shape index (κ1) is 18.4. The molecule has 1 aliphatic heterocycles. The van der Waals surface area contributed by atoms with Crippen molar-refractivity contribution in [1.82, 2.24) is 9.88 Å². The highest BCUT2D eigenvalue weighted by Crippen LogP contribution is 2.22. The van der Waals surface area contributed by atoms with Crippen molar-refractivity contribution in [3.05, 3.63) is 81.6 Å². The fourth-order valence-electron chi connectivity index (χ4n) is 3.69. The number of carbonyl (C=O) groups is 1. The third kappa shape index (κ3) is 3.99. The van der Waals surface area contributed by atoms with Crippen LogP contribution in [0, 0.1) is 6.92 Å². The number of hydrogen-bond acceptors (Lipinski definition) is 3. The van der Waals surface area contributed by atoms with E-state index < -0.39 is 0 Å². The number of fused-ring (bicyclic) bond motifs is 1. The van der Waals surface area contributed by atoms with Crippen molar-refractivity contribution in [2.45, 2.75) is 25.9 Å². The molecule has 28 heavy (non-hydrogen) atoms. The predicted octanol–water partition coefficient (Wildman–Crippen LogP) is 3.37. The molecule has 1 saturated heterocycles. The quantitative estimate of drug-likeness (QED) is 0.759. The first-order valence-corrected chi connectivity index (χ1v) is 9.67. The van der Waals surface area contributed by atoms with Gasteiger partial charge in [0, 0.05) is 24.0 Å². The Labute approximate surface area is 163 Å². The van der Waals surface area contributed by atoms with E-state index in [2.05, 4.69) is 4.98 Å². The Hall–Kier alpha value is -2.92. The van der Waals surface area contributed by atoms with E-state index in [1.165, 1.54) is 0 Å². The van der Waals surface area contributed by atoms with Crippen molar-refractivity contribution >= 4 is 16.8 Å². The van der Waals surface area contributed by atoms with Crippen LogP contribution in [0.4, 0.5) is 0 Å². The Kier molecular flexibility index (Phi) is 5.26. The van der Waals surface area contributed by atoms with Crippen molar-refractivity contribution in [3.63, 3.8) is 0 Å². The number of carbonyl (C=O) groups excluding carboxylic acids is 1. The maximum Gasteiger partial charge on any atom is 0.251 e. The Morgan fingerprint density at radius 3 is 2.82 bits per heavy atom. The lowest BCUT2D eigenvalue weighted by Gasteiger charge is -2.33. The monoisotopic (exact) mass is 376 g/mol. The maximum absolute atomic E-state index is 12.7. The SMILES string of the molecule is Cc1ccc2cc(CCC(=O)N3CCOC(c4ccccc4)C3)c(=O)[nH]c2c1. The van der Waals surface area contributed by atoms with Crippen LogP contribution in [-0.4, -0.2) is 35.5 Å². The van der Waals surface area contributed by atoms with Crippen molar-refractivity contribution in [3.8, 4) is 0 Å². The van der Waals surface area contributed by atoms with Gasteiger partial charge in [-0.2, -0.15) is 0 Å². The highest BCUT2D eigenvalue weighted by Gasteiger charge is 2.25. The van der Waals surface area contributed by atoms with Gasteiger partial charge in [-0.3, -0.25) is 9.59 Å². The molecule has 3 aromatic rings. The molecule has 1 N–H and O–H groups in total. The highest BCUT2D eigenvalue weighted by molar-refractivity contribution is 5.80. The molecule has 2 heterocycles. The lowest BCUT2D eigenvalue weighted by molar-refractivity contribution is -0.139. The molecule has 5 heteroatoms. The average molecular weight is 376 g/mol. The van der Waals surface area contributed by atoms with Crippen molar-refractivity contribution in [2.75, 3.05) is 19.7 Å². The molecular weight excluding hydrogens is 352 g/mol. The van der Waals surface area contributed by atoms with Crippen LogP contribution < -0.4 is 5.56 Å². The van der Waals surface area contributed by atoms with Crippen LogP contribution in [0.5, 0.6) is 0 Å². The molecule has 1 aromatic heterocycles. The third-order valence-electron chi connectivity index (χ3n) is 5.28. The van der Waals surface area contributed by atoms with Crippen molar-refractivity contribution in [2.24, 2.45) is 0 Å². The van der Waals surface area contributed by atoms with Gasteiger partial charge in [-0.15, -0.1) is 0 Å². The van der Waals surface area contributed by atoms with Crippen LogP contribution >= 0.6 is 0 Å². The molecule has 144 valence electrons. The largest absolute Gasteiger partial charge is 0.370 e. The first-order valence-electron chi connectivity index (χ1n) is 9.67. The number of aromatic amines is 1. The fraction of sp³-hybridized carbons (Fsp3) is 0.304. The normalized spacial score (nSPS) is 17.0. The minimum absolute atomic E-state index is 0.0626. The van der Waals surface area contributed by atoms with Crippen LogP contribution in [0.25, 0.3) is 10.9 Å². The van der Waals surface area contributed by atoms with E-state index in [-0.39, 0.29) is 17.6 Å². The minimum atomic E-state index is -0.116. The second-order valence-corrected chi connectivity index (χ2v) is 7.32. The Morgan fingerprint density at radius 1 is 1.18 bits per heavy atom. The lowest BCUT2D eigenvalue weighted by atomic mass is 10.1. The number of H-pyrrole nitrogens is 1. The molecule has 0 spiro atoms. The maximum atomic E-state index is 12.7. The van der Waals surface area contributed by atoms with Gasteiger partial charge in [0.25, 0.3) is 5.56 Å². The number of nitrogens with zero attached hydrogens (tertiary/aromatic N) is 1. The number of nitrogens with one attached hydrogen (secondary N) is 1. The van der Waals surface area contributed by atoms with Crippen LogP contribution in [-0.2, 0) is 16.0 Å². The topological polar surface area (TPSA) is 62.4 Å². The summed E-state index contributed by atoms with van der Waals surface area (Å²) in [7, 11) is 0. The molecule has 1 atom stereocenters. The van der Waals surface area contributed by atoms with E-state index in [0.717, 1.165) is 22.0 Å². The van der Waals surface area contributed by atoms with Crippen LogP contribution in [0.2, 0.25) is 0 Å². The number of ether oxygens (including phenoxy) is 1. The summed E-state index contributed by atoms with van der Waals surface area (Å²) in [4.78, 5) is 29.9. The first-order chi connectivity index (χ1) is 13.6. The third-order valence-corrected chi connectivity index (χ3v) is 5.28. The highest BCUT2D eigenvalue weighted by atomic mass is 16.5. The zero-order valence-corrected chi connectivity index (χ0v) is 16.0. The zero-order chi connectivity index (χ0) is 19.5. The number of aryl methyl sites for hydroxylation is 2. The molecule has 1 amide bonds. The second-order valence-electron chi connectivity index (χ2n) is 7.32. The summed E-state index contributed by atoms with van der Waals surface area (Å²) >= 11 is 0. The standard InChI is InChI=1S/C23H24N2O3/c1-16-7-8-18-14-19(23(27)24-20(18)13-16)9-10-22(26)25-11-12-28-21(15-25)17-5-3-2-4-6-17/h2-8,13-14,21H,9-12,15H2,1H3,(H,24,27). The molecular formula is C23H24N2O3. The molecule has 0 saturated carbocycles. The number of hydrogen-bond donors (Lipinski definition) is 1. The van der Waals surface area contributed by atoms with Gasteiger partial charge >= 0.3 is 0 Å². The number of morpholine rings is 1. The van der Waals surface area contributed by atoms with Gasteiger partial charge in [0.2, 0.25) is 5.91 Å². The molecule has 0 aliphatic carbocycles. The second kappa shape index (κ2) is 7.98. The average Bonchev–Trinajstić information content (AvgIpc) is 2.73. The minimum Gasteiger partial charge on any atom is -0.370 e. The summed E-state index contributed by atoms with van der Waals surface area (Å²) < 4.78 is 5.84. The number of aromatic nitrogens is 1. The van der Waals surface area contributed by atoms with Crippen LogP contribution in [0.1, 0.15) is 29.2 Å². The van der Waals surface area contributed by atoms with Gasteiger partial charge in [0.15, 0.2) is 0 Å². The predicted molar refractivity (Wildman–Crippen MR) is 109 cm³/mol. The Morgan fingerprint density at radius 2 is 2.00 bits per heavy atom. The molecule has 0 radical (unpaired) electrons. The number of rotatable bonds is 4. The molecule has 4 rings (SSSR count). The molecule has 0 bridgehead atoms. The zero-order valence-electron chi connectivity index (χ0n) is 16.0. The summed E-state index contributed by atoms with van der Waals surface area (Å²) in [5.41, 5.74) is 3.55. The van der Waals surface area contributed by atoms with Gasteiger partial charge in [-0.1, -0.05) is 42.5 Å². The Bertz CT molecular complexity index is 1040. The number of pyridine rings is 1. The van der Waals surface area contributed by atoms with Gasteiger partial charge in [-0.05, 0) is 42.0 Å². The summed E-state index contributed by atoms with van der Waals surface area (Å²) in [6.07, 6.45) is 0.666. The fourth-order valence-corrected chi connectivity index (χ4v) is 3.69. The lowest BCUT2D eigenvalue weighted by Crippen LogP contribution is -2.42.